The second-order valence-corrected chi connectivity index (χ2v) is 4.22. The fourth-order valence-corrected chi connectivity index (χ4v) is 2.05. The highest BCUT2D eigenvalue weighted by Gasteiger charge is 2.10. The Hall–Kier alpha value is -1.71. The minimum absolute atomic E-state index is 0.289. The molecule has 0 saturated carbocycles. The van der Waals surface area contributed by atoms with Crippen molar-refractivity contribution in [3.8, 4) is 5.75 Å². The van der Waals surface area contributed by atoms with E-state index in [9.17, 15) is 4.79 Å². The van der Waals surface area contributed by atoms with Crippen molar-refractivity contribution in [1.29, 1.82) is 0 Å². The molecule has 1 fully saturated rings. The van der Waals surface area contributed by atoms with Crippen LogP contribution in [0.1, 0.15) is 19.3 Å². The van der Waals surface area contributed by atoms with E-state index in [1.165, 1.54) is 24.9 Å². The van der Waals surface area contributed by atoms with Gasteiger partial charge in [0.25, 0.3) is 0 Å². The molecule has 1 aromatic rings. The van der Waals surface area contributed by atoms with Crippen LogP contribution in [-0.2, 0) is 4.79 Å². The van der Waals surface area contributed by atoms with Crippen LogP contribution in [0.2, 0.25) is 0 Å². The monoisotopic (exact) mass is 235 g/mol. The molecule has 2 rings (SSSR count). The number of hydrogen-bond donors (Lipinski definition) is 1. The fourth-order valence-electron chi connectivity index (χ4n) is 2.05. The van der Waals surface area contributed by atoms with E-state index in [2.05, 4.69) is 4.90 Å². The molecule has 1 N–H and O–H groups in total. The number of benzene rings is 1. The van der Waals surface area contributed by atoms with E-state index in [-0.39, 0.29) is 6.61 Å². The Morgan fingerprint density at radius 3 is 2.41 bits per heavy atom. The lowest BCUT2D eigenvalue weighted by molar-refractivity contribution is -0.139. The van der Waals surface area contributed by atoms with Gasteiger partial charge in [0, 0.05) is 18.8 Å². The van der Waals surface area contributed by atoms with Gasteiger partial charge in [0.2, 0.25) is 0 Å². The van der Waals surface area contributed by atoms with Gasteiger partial charge in [-0.25, -0.2) is 4.79 Å². The molecule has 17 heavy (non-hydrogen) atoms. The molecule has 1 heterocycles. The highest BCUT2D eigenvalue weighted by atomic mass is 16.5. The molecule has 4 nitrogen and oxygen atoms in total. The Bertz CT molecular complexity index is 369. The molecule has 1 aliphatic rings. The third kappa shape index (κ3) is 3.37. The zero-order chi connectivity index (χ0) is 12.1. The molecule has 0 atom stereocenters. The van der Waals surface area contributed by atoms with Crippen LogP contribution < -0.4 is 9.64 Å². The summed E-state index contributed by atoms with van der Waals surface area (Å²) in [5.74, 6) is -0.349. The van der Waals surface area contributed by atoms with Crippen LogP contribution in [0.25, 0.3) is 0 Å². The number of carbonyl (C=O) groups is 1. The summed E-state index contributed by atoms with van der Waals surface area (Å²) in [6.45, 7) is 1.92. The van der Waals surface area contributed by atoms with Crippen molar-refractivity contribution in [3.05, 3.63) is 24.3 Å². The Labute approximate surface area is 101 Å². The molecule has 0 bridgehead atoms. The van der Waals surface area contributed by atoms with Crippen LogP contribution in [0.15, 0.2) is 24.3 Å². The van der Waals surface area contributed by atoms with Crippen molar-refractivity contribution in [1.82, 2.24) is 0 Å². The van der Waals surface area contributed by atoms with E-state index in [0.717, 1.165) is 13.1 Å². The van der Waals surface area contributed by atoms with Gasteiger partial charge in [0.05, 0.1) is 0 Å². The minimum Gasteiger partial charge on any atom is -0.482 e. The maximum Gasteiger partial charge on any atom is 0.341 e. The number of piperidine rings is 1. The zero-order valence-electron chi connectivity index (χ0n) is 9.76. The number of aliphatic carboxylic acids is 1. The first-order valence-corrected chi connectivity index (χ1v) is 5.95. The number of carboxylic acids is 1. The topological polar surface area (TPSA) is 49.8 Å². The van der Waals surface area contributed by atoms with E-state index in [1.807, 2.05) is 24.3 Å². The van der Waals surface area contributed by atoms with Gasteiger partial charge in [0.15, 0.2) is 6.61 Å². The fraction of sp³-hybridized carbons (Fsp3) is 0.462. The summed E-state index contributed by atoms with van der Waals surface area (Å²) < 4.78 is 5.09. The second-order valence-electron chi connectivity index (χ2n) is 4.22. The predicted octanol–water partition coefficient (Wildman–Crippen LogP) is 2.14. The Morgan fingerprint density at radius 2 is 1.82 bits per heavy atom. The molecule has 0 spiro atoms. The highest BCUT2D eigenvalue weighted by Crippen LogP contribution is 2.22. The Balaban J connectivity index is 1.94. The predicted molar refractivity (Wildman–Crippen MR) is 65.6 cm³/mol. The lowest BCUT2D eigenvalue weighted by atomic mass is 10.1. The van der Waals surface area contributed by atoms with Gasteiger partial charge < -0.3 is 14.7 Å². The van der Waals surface area contributed by atoms with Crippen LogP contribution in [0.5, 0.6) is 5.75 Å². The molecule has 0 aliphatic carbocycles. The number of hydrogen-bond acceptors (Lipinski definition) is 3. The molecule has 1 aromatic carbocycles. The maximum absolute atomic E-state index is 10.4. The molecule has 92 valence electrons. The van der Waals surface area contributed by atoms with Crippen LogP contribution >= 0.6 is 0 Å². The van der Waals surface area contributed by atoms with Crippen molar-refractivity contribution in [3.63, 3.8) is 0 Å². The van der Waals surface area contributed by atoms with Crippen molar-refractivity contribution < 1.29 is 14.6 Å². The van der Waals surface area contributed by atoms with Crippen LogP contribution in [0, 0.1) is 0 Å². The van der Waals surface area contributed by atoms with Crippen LogP contribution in [0.3, 0.4) is 0 Å². The summed E-state index contributed by atoms with van der Waals surface area (Å²) in [4.78, 5) is 12.7. The quantitative estimate of drug-likeness (QED) is 0.868. The normalized spacial score (nSPS) is 15.6. The van der Waals surface area contributed by atoms with Gasteiger partial charge in [-0.2, -0.15) is 0 Å². The van der Waals surface area contributed by atoms with Crippen LogP contribution in [0.4, 0.5) is 5.69 Å². The SMILES string of the molecule is O=C(O)COc1ccc(N2CCCCC2)cc1. The number of nitrogens with zero attached hydrogens (tertiary/aromatic N) is 1. The van der Waals surface area contributed by atoms with Gasteiger partial charge in [-0.3, -0.25) is 0 Å². The first kappa shape index (κ1) is 11.8. The average molecular weight is 235 g/mol. The van der Waals surface area contributed by atoms with E-state index >= 15 is 0 Å². The smallest absolute Gasteiger partial charge is 0.341 e. The molecule has 0 unspecified atom stereocenters. The average Bonchev–Trinajstić information content (AvgIpc) is 2.38. The molecule has 0 aromatic heterocycles. The molecule has 0 radical (unpaired) electrons. The molecule has 0 amide bonds. The van der Waals surface area contributed by atoms with Gasteiger partial charge in [-0.1, -0.05) is 0 Å². The second kappa shape index (κ2) is 5.57. The summed E-state index contributed by atoms with van der Waals surface area (Å²) in [5.41, 5.74) is 1.19. The lowest BCUT2D eigenvalue weighted by Gasteiger charge is -2.28. The minimum atomic E-state index is -0.954. The summed E-state index contributed by atoms with van der Waals surface area (Å²) >= 11 is 0. The molecular weight excluding hydrogens is 218 g/mol. The first-order chi connectivity index (χ1) is 8.25. The zero-order valence-corrected chi connectivity index (χ0v) is 9.76. The lowest BCUT2D eigenvalue weighted by Crippen LogP contribution is -2.29. The molecular formula is C13H17NO3. The van der Waals surface area contributed by atoms with E-state index in [1.54, 1.807) is 0 Å². The third-order valence-electron chi connectivity index (χ3n) is 2.92. The van der Waals surface area contributed by atoms with E-state index in [4.69, 9.17) is 9.84 Å². The maximum atomic E-state index is 10.4. The molecule has 1 aliphatic heterocycles. The number of carboxylic acid groups (broad SMARTS) is 1. The van der Waals surface area contributed by atoms with Gasteiger partial charge in [-0.15, -0.1) is 0 Å². The standard InChI is InChI=1S/C13H17NO3/c15-13(16)10-17-12-6-4-11(5-7-12)14-8-2-1-3-9-14/h4-7H,1-3,8-10H2,(H,15,16). The summed E-state index contributed by atoms with van der Waals surface area (Å²) in [7, 11) is 0. The van der Waals surface area contributed by atoms with Gasteiger partial charge >= 0.3 is 5.97 Å². The summed E-state index contributed by atoms with van der Waals surface area (Å²) in [6, 6.07) is 7.63. The highest BCUT2D eigenvalue weighted by molar-refractivity contribution is 5.68. The Morgan fingerprint density at radius 1 is 1.18 bits per heavy atom. The molecule has 4 heteroatoms. The van der Waals surface area contributed by atoms with E-state index in [0.29, 0.717) is 5.75 Å². The number of ether oxygens (including phenoxy) is 1. The number of rotatable bonds is 4. The summed E-state index contributed by atoms with van der Waals surface area (Å²) in [5, 5.41) is 8.50. The Kier molecular flexibility index (Phi) is 3.85. The van der Waals surface area contributed by atoms with Crippen molar-refractivity contribution in [2.24, 2.45) is 0 Å². The number of anilines is 1. The third-order valence-corrected chi connectivity index (χ3v) is 2.92. The first-order valence-electron chi connectivity index (χ1n) is 5.95. The van der Waals surface area contributed by atoms with Gasteiger partial charge in [-0.05, 0) is 43.5 Å². The van der Waals surface area contributed by atoms with Crippen molar-refractivity contribution >= 4 is 11.7 Å². The van der Waals surface area contributed by atoms with E-state index < -0.39 is 5.97 Å². The van der Waals surface area contributed by atoms with Gasteiger partial charge in [0.1, 0.15) is 5.75 Å². The van der Waals surface area contributed by atoms with Crippen molar-refractivity contribution in [2.75, 3.05) is 24.6 Å². The van der Waals surface area contributed by atoms with Crippen molar-refractivity contribution in [2.45, 2.75) is 19.3 Å². The van der Waals surface area contributed by atoms with Crippen LogP contribution in [-0.4, -0.2) is 30.8 Å². The summed E-state index contributed by atoms with van der Waals surface area (Å²) in [6.07, 6.45) is 3.81. The molecule has 1 saturated heterocycles. The largest absolute Gasteiger partial charge is 0.482 e.